The van der Waals surface area contributed by atoms with Crippen LogP contribution >= 0.6 is 12.2 Å². The lowest BCUT2D eigenvalue weighted by atomic mass is 9.87. The molecule has 0 amide bonds. The minimum atomic E-state index is 0.603. The number of ether oxygens (including phenoxy) is 1. The molecule has 0 aromatic heterocycles. The highest BCUT2D eigenvalue weighted by atomic mass is 32.1. The summed E-state index contributed by atoms with van der Waals surface area (Å²) >= 11 is 5.18. The summed E-state index contributed by atoms with van der Waals surface area (Å²) < 4.78 is 5.84. The Hall–Kier alpha value is -1.55. The highest BCUT2D eigenvalue weighted by molar-refractivity contribution is 7.80. The van der Waals surface area contributed by atoms with Gasteiger partial charge in [0.25, 0.3) is 0 Å². The Bertz CT molecular complexity index is 466. The Morgan fingerprint density at radius 1 is 1.23 bits per heavy atom. The van der Waals surface area contributed by atoms with Gasteiger partial charge in [0.05, 0.1) is 6.61 Å². The van der Waals surface area contributed by atoms with E-state index in [1.165, 1.54) is 38.5 Å². The molecule has 2 N–H and O–H groups in total. The van der Waals surface area contributed by atoms with Gasteiger partial charge in [-0.2, -0.15) is 0 Å². The number of hydrogen-bond donors (Lipinski definition) is 2. The predicted octanol–water partition coefficient (Wildman–Crippen LogP) is 4.51. The molecule has 0 atom stereocenters. The summed E-state index contributed by atoms with van der Waals surface area (Å²) in [5.41, 5.74) is 0.959. The maximum absolute atomic E-state index is 5.84. The standard InChI is InChI=1S/C18H26N2OS/c1-2-13-19-18(22)20-16-8-10-17(11-9-16)21-14-12-15-6-4-3-5-7-15/h2,8-11,15H,1,3-7,12-14H2,(H2,19,20,22). The van der Waals surface area contributed by atoms with E-state index in [4.69, 9.17) is 17.0 Å². The van der Waals surface area contributed by atoms with Crippen LogP contribution in [0.2, 0.25) is 0 Å². The van der Waals surface area contributed by atoms with Gasteiger partial charge in [0.1, 0.15) is 5.75 Å². The fraction of sp³-hybridized carbons (Fsp3) is 0.500. The highest BCUT2D eigenvalue weighted by Crippen LogP contribution is 2.26. The van der Waals surface area contributed by atoms with Crippen LogP contribution in [0.3, 0.4) is 0 Å². The van der Waals surface area contributed by atoms with Gasteiger partial charge in [-0.05, 0) is 48.8 Å². The lowest BCUT2D eigenvalue weighted by Crippen LogP contribution is -2.28. The number of thiocarbonyl (C=S) groups is 1. The number of hydrogen-bond acceptors (Lipinski definition) is 2. The van der Waals surface area contributed by atoms with Crippen LogP contribution in [-0.2, 0) is 0 Å². The third-order valence-electron chi connectivity index (χ3n) is 4.04. The Morgan fingerprint density at radius 2 is 1.95 bits per heavy atom. The zero-order valence-electron chi connectivity index (χ0n) is 13.1. The zero-order chi connectivity index (χ0) is 15.6. The van der Waals surface area contributed by atoms with E-state index in [-0.39, 0.29) is 0 Å². The molecule has 0 heterocycles. The normalized spacial score (nSPS) is 15.1. The van der Waals surface area contributed by atoms with Gasteiger partial charge in [-0.3, -0.25) is 0 Å². The summed E-state index contributed by atoms with van der Waals surface area (Å²) in [7, 11) is 0. The van der Waals surface area contributed by atoms with Crippen molar-refractivity contribution in [1.29, 1.82) is 0 Å². The van der Waals surface area contributed by atoms with E-state index in [0.717, 1.165) is 24.0 Å². The average molecular weight is 318 g/mol. The fourth-order valence-electron chi connectivity index (χ4n) is 2.79. The van der Waals surface area contributed by atoms with Gasteiger partial charge in [-0.25, -0.2) is 0 Å². The Morgan fingerprint density at radius 3 is 2.64 bits per heavy atom. The SMILES string of the molecule is C=CCNC(=S)Nc1ccc(OCCC2CCCCC2)cc1. The maximum Gasteiger partial charge on any atom is 0.171 e. The van der Waals surface area contributed by atoms with Gasteiger partial charge in [0, 0.05) is 12.2 Å². The molecule has 0 saturated heterocycles. The van der Waals surface area contributed by atoms with Crippen LogP contribution in [0.5, 0.6) is 5.75 Å². The average Bonchev–Trinajstić information content (AvgIpc) is 2.55. The van der Waals surface area contributed by atoms with Crippen LogP contribution in [0.4, 0.5) is 5.69 Å². The predicted molar refractivity (Wildman–Crippen MR) is 97.5 cm³/mol. The first kappa shape index (κ1) is 16.8. The molecule has 1 saturated carbocycles. The van der Waals surface area contributed by atoms with Crippen molar-refractivity contribution >= 4 is 23.0 Å². The molecule has 0 bridgehead atoms. The van der Waals surface area contributed by atoms with E-state index in [1.807, 2.05) is 24.3 Å². The third kappa shape index (κ3) is 6.06. The largest absolute Gasteiger partial charge is 0.494 e. The van der Waals surface area contributed by atoms with Crippen molar-refractivity contribution in [3.63, 3.8) is 0 Å². The Balaban J connectivity index is 1.69. The van der Waals surface area contributed by atoms with E-state index in [1.54, 1.807) is 6.08 Å². The maximum atomic E-state index is 5.84. The van der Waals surface area contributed by atoms with Crippen molar-refractivity contribution in [3.8, 4) is 5.75 Å². The quantitative estimate of drug-likeness (QED) is 0.572. The molecule has 3 nitrogen and oxygen atoms in total. The minimum absolute atomic E-state index is 0.603. The molecule has 4 heteroatoms. The van der Waals surface area contributed by atoms with E-state index < -0.39 is 0 Å². The van der Waals surface area contributed by atoms with Crippen LogP contribution in [0.25, 0.3) is 0 Å². The van der Waals surface area contributed by atoms with Gasteiger partial charge < -0.3 is 15.4 Å². The highest BCUT2D eigenvalue weighted by Gasteiger charge is 2.13. The molecule has 0 radical (unpaired) electrons. The van der Waals surface area contributed by atoms with Crippen LogP contribution in [0.1, 0.15) is 38.5 Å². The van der Waals surface area contributed by atoms with Crippen molar-refractivity contribution in [2.24, 2.45) is 5.92 Å². The van der Waals surface area contributed by atoms with Gasteiger partial charge in [0.2, 0.25) is 0 Å². The molecule has 1 fully saturated rings. The van der Waals surface area contributed by atoms with Gasteiger partial charge in [-0.1, -0.05) is 38.2 Å². The summed E-state index contributed by atoms with van der Waals surface area (Å²) in [6.07, 6.45) is 9.90. The smallest absolute Gasteiger partial charge is 0.171 e. The van der Waals surface area contributed by atoms with Gasteiger partial charge >= 0.3 is 0 Å². The summed E-state index contributed by atoms with van der Waals surface area (Å²) in [6, 6.07) is 7.94. The zero-order valence-corrected chi connectivity index (χ0v) is 14.0. The number of rotatable bonds is 7. The number of benzene rings is 1. The Kier molecular flexibility index (Phi) is 7.23. The second-order valence-electron chi connectivity index (χ2n) is 5.79. The molecule has 0 spiro atoms. The van der Waals surface area contributed by atoms with Crippen molar-refractivity contribution < 1.29 is 4.74 Å². The molecule has 1 aromatic carbocycles. The first-order chi connectivity index (χ1) is 10.8. The van der Waals surface area contributed by atoms with E-state index >= 15 is 0 Å². The molecular weight excluding hydrogens is 292 g/mol. The molecule has 1 aliphatic rings. The second kappa shape index (κ2) is 9.46. The van der Waals surface area contributed by atoms with Gasteiger partial charge in [0.15, 0.2) is 5.11 Å². The molecule has 0 unspecified atom stereocenters. The number of anilines is 1. The second-order valence-corrected chi connectivity index (χ2v) is 6.20. The summed E-state index contributed by atoms with van der Waals surface area (Å²) in [5.74, 6) is 1.79. The first-order valence-corrected chi connectivity index (χ1v) is 8.57. The molecule has 120 valence electrons. The molecule has 1 aromatic rings. The molecule has 2 rings (SSSR count). The molecule has 0 aliphatic heterocycles. The van der Waals surface area contributed by atoms with E-state index in [2.05, 4.69) is 17.2 Å². The summed E-state index contributed by atoms with van der Waals surface area (Å²) in [6.45, 7) is 5.12. The monoisotopic (exact) mass is 318 g/mol. The summed E-state index contributed by atoms with van der Waals surface area (Å²) in [4.78, 5) is 0. The van der Waals surface area contributed by atoms with Crippen LogP contribution in [0, 0.1) is 5.92 Å². The fourth-order valence-corrected chi connectivity index (χ4v) is 3.00. The minimum Gasteiger partial charge on any atom is -0.494 e. The van der Waals surface area contributed by atoms with Crippen molar-refractivity contribution in [2.45, 2.75) is 38.5 Å². The van der Waals surface area contributed by atoms with Crippen molar-refractivity contribution in [2.75, 3.05) is 18.5 Å². The van der Waals surface area contributed by atoms with E-state index in [0.29, 0.717) is 11.7 Å². The van der Waals surface area contributed by atoms with Gasteiger partial charge in [-0.15, -0.1) is 6.58 Å². The molecule has 1 aliphatic carbocycles. The Labute approximate surface area is 139 Å². The third-order valence-corrected chi connectivity index (χ3v) is 4.29. The van der Waals surface area contributed by atoms with Crippen molar-refractivity contribution in [1.82, 2.24) is 5.32 Å². The lowest BCUT2D eigenvalue weighted by Gasteiger charge is -2.21. The lowest BCUT2D eigenvalue weighted by molar-refractivity contribution is 0.246. The van der Waals surface area contributed by atoms with Crippen LogP contribution in [-0.4, -0.2) is 18.3 Å². The molecule has 22 heavy (non-hydrogen) atoms. The first-order valence-electron chi connectivity index (χ1n) is 8.16. The summed E-state index contributed by atoms with van der Waals surface area (Å²) in [5, 5.41) is 6.77. The molecular formula is C18H26N2OS. The topological polar surface area (TPSA) is 33.3 Å². The van der Waals surface area contributed by atoms with Crippen molar-refractivity contribution in [3.05, 3.63) is 36.9 Å². The van der Waals surface area contributed by atoms with E-state index in [9.17, 15) is 0 Å². The number of nitrogens with one attached hydrogen (secondary N) is 2. The van der Waals surface area contributed by atoms with Crippen LogP contribution < -0.4 is 15.4 Å². The van der Waals surface area contributed by atoms with Crippen LogP contribution in [0.15, 0.2) is 36.9 Å².